The van der Waals surface area contributed by atoms with Crippen molar-refractivity contribution < 1.29 is 18.0 Å². The number of nitrogens with two attached hydrogens (primary N) is 1. The lowest BCUT2D eigenvalue weighted by Gasteiger charge is -2.21. The van der Waals surface area contributed by atoms with E-state index < -0.39 is 29.1 Å². The second kappa shape index (κ2) is 5.83. The molecule has 2 aromatic carbocycles. The highest BCUT2D eigenvalue weighted by molar-refractivity contribution is 5.95. The van der Waals surface area contributed by atoms with E-state index in [0.29, 0.717) is 0 Å². The Morgan fingerprint density at radius 3 is 2.18 bits per heavy atom. The summed E-state index contributed by atoms with van der Waals surface area (Å²) in [5.41, 5.74) is 5.48. The van der Waals surface area contributed by atoms with Crippen LogP contribution >= 0.6 is 0 Å². The van der Waals surface area contributed by atoms with E-state index in [1.165, 1.54) is 12.1 Å². The first-order valence-electron chi connectivity index (χ1n) is 6.78. The lowest BCUT2D eigenvalue weighted by Crippen LogP contribution is -2.21. The van der Waals surface area contributed by atoms with Crippen LogP contribution in [-0.2, 0) is 6.18 Å². The zero-order valence-electron chi connectivity index (χ0n) is 12.2. The highest BCUT2D eigenvalue weighted by Gasteiger charge is 2.38. The number of alkyl halides is 3. The van der Waals surface area contributed by atoms with Gasteiger partial charge in [-0.15, -0.1) is 0 Å². The third-order valence-corrected chi connectivity index (χ3v) is 3.69. The Bertz CT molecular complexity index is 690. The van der Waals surface area contributed by atoms with Gasteiger partial charge in [0.25, 0.3) is 0 Å². The van der Waals surface area contributed by atoms with E-state index in [1.807, 2.05) is 19.1 Å². The van der Waals surface area contributed by atoms with E-state index in [9.17, 15) is 18.0 Å². The SMILES string of the molecule is Cc1ccc([C@@H](C)c2cccc(C(N)=O)c2C(F)(F)F)cc1. The van der Waals surface area contributed by atoms with Crippen LogP contribution in [0.3, 0.4) is 0 Å². The molecule has 22 heavy (non-hydrogen) atoms. The topological polar surface area (TPSA) is 43.1 Å². The Kier molecular flexibility index (Phi) is 4.26. The Morgan fingerprint density at radius 1 is 1.09 bits per heavy atom. The fraction of sp³-hybridized carbons (Fsp3) is 0.235. The summed E-state index contributed by atoms with van der Waals surface area (Å²) in [6, 6.07) is 11.2. The van der Waals surface area contributed by atoms with Crippen molar-refractivity contribution in [2.75, 3.05) is 0 Å². The van der Waals surface area contributed by atoms with Crippen LogP contribution in [0.2, 0.25) is 0 Å². The Morgan fingerprint density at radius 2 is 1.68 bits per heavy atom. The second-order valence-corrected chi connectivity index (χ2v) is 5.26. The van der Waals surface area contributed by atoms with Crippen LogP contribution in [0.5, 0.6) is 0 Å². The lowest BCUT2D eigenvalue weighted by atomic mass is 9.87. The number of rotatable bonds is 3. The van der Waals surface area contributed by atoms with Crippen molar-refractivity contribution in [3.8, 4) is 0 Å². The van der Waals surface area contributed by atoms with E-state index in [2.05, 4.69) is 0 Å². The number of carbonyl (C=O) groups excluding carboxylic acids is 1. The summed E-state index contributed by atoms with van der Waals surface area (Å²) < 4.78 is 40.2. The van der Waals surface area contributed by atoms with Crippen molar-refractivity contribution in [2.24, 2.45) is 5.73 Å². The molecule has 0 fully saturated rings. The van der Waals surface area contributed by atoms with Crippen molar-refractivity contribution in [2.45, 2.75) is 25.9 Å². The summed E-state index contributed by atoms with van der Waals surface area (Å²) in [5.74, 6) is -1.58. The highest BCUT2D eigenvalue weighted by Crippen LogP contribution is 2.39. The van der Waals surface area contributed by atoms with E-state index in [1.54, 1.807) is 19.1 Å². The monoisotopic (exact) mass is 307 g/mol. The van der Waals surface area contributed by atoms with Gasteiger partial charge in [0.1, 0.15) is 0 Å². The van der Waals surface area contributed by atoms with Gasteiger partial charge in [0.05, 0.1) is 11.1 Å². The summed E-state index contributed by atoms with van der Waals surface area (Å²) >= 11 is 0. The molecule has 2 rings (SSSR count). The molecule has 0 unspecified atom stereocenters. The van der Waals surface area contributed by atoms with Crippen molar-refractivity contribution in [1.29, 1.82) is 0 Å². The maximum absolute atomic E-state index is 13.4. The molecule has 2 N–H and O–H groups in total. The van der Waals surface area contributed by atoms with Gasteiger partial charge in [-0.2, -0.15) is 13.2 Å². The van der Waals surface area contributed by atoms with Crippen molar-refractivity contribution in [3.05, 3.63) is 70.3 Å². The van der Waals surface area contributed by atoms with Gasteiger partial charge < -0.3 is 5.73 Å². The average molecular weight is 307 g/mol. The highest BCUT2D eigenvalue weighted by atomic mass is 19.4. The molecule has 0 saturated heterocycles. The normalized spacial score (nSPS) is 13.0. The Hall–Kier alpha value is -2.30. The molecule has 0 aromatic heterocycles. The molecule has 1 amide bonds. The first-order valence-corrected chi connectivity index (χ1v) is 6.78. The quantitative estimate of drug-likeness (QED) is 0.904. The molecule has 1 atom stereocenters. The number of primary amides is 1. The number of amides is 1. The minimum atomic E-state index is -4.64. The molecular formula is C17H16F3NO. The summed E-state index contributed by atoms with van der Waals surface area (Å²) in [6.45, 7) is 3.59. The van der Waals surface area contributed by atoms with Crippen molar-refractivity contribution in [3.63, 3.8) is 0 Å². The average Bonchev–Trinajstić information content (AvgIpc) is 2.45. The lowest BCUT2D eigenvalue weighted by molar-refractivity contribution is -0.138. The molecule has 0 radical (unpaired) electrons. The summed E-state index contributed by atoms with van der Waals surface area (Å²) in [5, 5.41) is 0. The van der Waals surface area contributed by atoms with Gasteiger partial charge in [0, 0.05) is 5.92 Å². The summed E-state index contributed by atoms with van der Waals surface area (Å²) in [4.78, 5) is 11.3. The summed E-state index contributed by atoms with van der Waals surface area (Å²) in [7, 11) is 0. The van der Waals surface area contributed by atoms with Crippen LogP contribution in [0, 0.1) is 6.92 Å². The first-order chi connectivity index (χ1) is 10.2. The first kappa shape index (κ1) is 16.1. The Balaban J connectivity index is 2.62. The molecule has 0 aliphatic heterocycles. The third kappa shape index (κ3) is 3.13. The van der Waals surface area contributed by atoms with Gasteiger partial charge in [-0.25, -0.2) is 0 Å². The van der Waals surface area contributed by atoms with E-state index >= 15 is 0 Å². The van der Waals surface area contributed by atoms with Gasteiger partial charge in [-0.1, -0.05) is 48.9 Å². The van der Waals surface area contributed by atoms with Crippen molar-refractivity contribution >= 4 is 5.91 Å². The molecule has 2 aromatic rings. The molecule has 0 bridgehead atoms. The van der Waals surface area contributed by atoms with Crippen LogP contribution in [0.4, 0.5) is 13.2 Å². The molecule has 116 valence electrons. The van der Waals surface area contributed by atoms with Crippen molar-refractivity contribution in [1.82, 2.24) is 0 Å². The van der Waals surface area contributed by atoms with E-state index in [4.69, 9.17) is 5.73 Å². The molecule has 5 heteroatoms. The molecular weight excluding hydrogens is 291 g/mol. The fourth-order valence-corrected chi connectivity index (χ4v) is 2.49. The standard InChI is InChI=1S/C17H16F3NO/c1-10-6-8-12(9-7-10)11(2)13-4-3-5-14(16(21)22)15(13)17(18,19)20/h3-9,11H,1-2H3,(H2,21,22)/t11-/m1/s1. The summed E-state index contributed by atoms with van der Waals surface area (Å²) in [6.07, 6.45) is -4.64. The number of hydrogen-bond acceptors (Lipinski definition) is 1. The maximum atomic E-state index is 13.4. The minimum Gasteiger partial charge on any atom is -0.366 e. The smallest absolute Gasteiger partial charge is 0.366 e. The van der Waals surface area contributed by atoms with Gasteiger partial charge in [-0.3, -0.25) is 4.79 Å². The number of aryl methyl sites for hydroxylation is 1. The molecule has 0 saturated carbocycles. The van der Waals surface area contributed by atoms with Gasteiger partial charge in [0.2, 0.25) is 5.91 Å². The predicted molar refractivity (Wildman–Crippen MR) is 78.7 cm³/mol. The second-order valence-electron chi connectivity index (χ2n) is 5.26. The fourth-order valence-electron chi connectivity index (χ4n) is 2.49. The number of halogens is 3. The number of hydrogen-bond donors (Lipinski definition) is 1. The zero-order chi connectivity index (χ0) is 16.5. The number of carbonyl (C=O) groups is 1. The molecule has 0 heterocycles. The largest absolute Gasteiger partial charge is 0.417 e. The van der Waals surface area contributed by atoms with Gasteiger partial charge >= 0.3 is 6.18 Å². The Labute approximate surface area is 126 Å². The molecule has 0 spiro atoms. The predicted octanol–water partition coefficient (Wildman–Crippen LogP) is 4.26. The van der Waals surface area contributed by atoms with Crippen LogP contribution < -0.4 is 5.73 Å². The van der Waals surface area contributed by atoms with Crippen LogP contribution in [0.1, 0.15) is 45.5 Å². The minimum absolute atomic E-state index is 0.0488. The molecule has 0 aliphatic carbocycles. The van der Waals surface area contributed by atoms with Gasteiger partial charge in [0.15, 0.2) is 0 Å². The van der Waals surface area contributed by atoms with Gasteiger partial charge in [-0.05, 0) is 24.1 Å². The molecule has 2 nitrogen and oxygen atoms in total. The zero-order valence-corrected chi connectivity index (χ0v) is 12.2. The number of benzene rings is 2. The van der Waals surface area contributed by atoms with E-state index in [0.717, 1.165) is 17.2 Å². The van der Waals surface area contributed by atoms with Crippen LogP contribution in [0.25, 0.3) is 0 Å². The van der Waals surface area contributed by atoms with Crippen LogP contribution in [0.15, 0.2) is 42.5 Å². The molecule has 0 aliphatic rings. The maximum Gasteiger partial charge on any atom is 0.417 e. The third-order valence-electron chi connectivity index (χ3n) is 3.69. The van der Waals surface area contributed by atoms with E-state index in [-0.39, 0.29) is 5.56 Å². The van der Waals surface area contributed by atoms with Crippen LogP contribution in [-0.4, -0.2) is 5.91 Å².